The van der Waals surface area contributed by atoms with Crippen LogP contribution in [-0.4, -0.2) is 19.5 Å². The van der Waals surface area contributed by atoms with E-state index in [2.05, 4.69) is 10.2 Å². The van der Waals surface area contributed by atoms with Crippen molar-refractivity contribution in [3.05, 3.63) is 73.2 Å². The molecule has 3 aromatic heterocycles. The molecule has 0 N–H and O–H groups in total. The lowest BCUT2D eigenvalue weighted by molar-refractivity contribution is -0.385. The zero-order valence-corrected chi connectivity index (χ0v) is 12.8. The number of hydrogen-bond acceptors (Lipinski definition) is 7. The van der Waals surface area contributed by atoms with E-state index in [0.717, 1.165) is 11.3 Å². The first-order valence-electron chi connectivity index (χ1n) is 6.82. The molecule has 24 heavy (non-hydrogen) atoms. The van der Waals surface area contributed by atoms with Crippen LogP contribution in [0, 0.1) is 10.1 Å². The number of nitro groups is 1. The van der Waals surface area contributed by atoms with Crippen LogP contribution in [0.1, 0.15) is 5.56 Å². The van der Waals surface area contributed by atoms with Gasteiger partial charge in [0.05, 0.1) is 21.3 Å². The smallest absolute Gasteiger partial charge is 0.276 e. The van der Waals surface area contributed by atoms with Gasteiger partial charge in [-0.1, -0.05) is 23.5 Å². The predicted octanol–water partition coefficient (Wildman–Crippen LogP) is 1.87. The number of benzene rings is 1. The quantitative estimate of drug-likeness (QED) is 0.416. The van der Waals surface area contributed by atoms with Crippen molar-refractivity contribution in [2.45, 2.75) is 0 Å². The van der Waals surface area contributed by atoms with Crippen molar-refractivity contribution in [3.8, 4) is 11.6 Å². The topological polar surface area (TPSA) is 104 Å². The van der Waals surface area contributed by atoms with Gasteiger partial charge in [0.25, 0.3) is 11.2 Å². The Morgan fingerprint density at radius 2 is 2.04 bits per heavy atom. The maximum absolute atomic E-state index is 12.6. The SMILES string of the molecule is O=c1/c(=C\c2ccccc2[N+](=O)[O-])sc2nnc(-c3ccco3)n12. The normalized spacial score (nSPS) is 12.1. The van der Waals surface area contributed by atoms with E-state index >= 15 is 0 Å². The maximum atomic E-state index is 12.6. The first-order chi connectivity index (χ1) is 11.6. The highest BCUT2D eigenvalue weighted by Gasteiger charge is 2.17. The minimum atomic E-state index is -0.481. The molecule has 0 spiro atoms. The van der Waals surface area contributed by atoms with E-state index in [9.17, 15) is 14.9 Å². The molecule has 0 aliphatic heterocycles. The molecule has 0 aliphatic rings. The Balaban J connectivity index is 1.95. The van der Waals surface area contributed by atoms with Gasteiger partial charge in [0, 0.05) is 6.07 Å². The summed E-state index contributed by atoms with van der Waals surface area (Å²) in [7, 11) is 0. The molecular weight excluding hydrogens is 332 g/mol. The molecule has 0 radical (unpaired) electrons. The van der Waals surface area contributed by atoms with Crippen LogP contribution >= 0.6 is 11.3 Å². The Kier molecular flexibility index (Phi) is 3.21. The highest BCUT2D eigenvalue weighted by atomic mass is 32.1. The van der Waals surface area contributed by atoms with Gasteiger partial charge in [-0.3, -0.25) is 14.9 Å². The van der Waals surface area contributed by atoms with Gasteiger partial charge >= 0.3 is 0 Å². The fraction of sp³-hybridized carbons (Fsp3) is 0. The predicted molar refractivity (Wildman–Crippen MR) is 86.7 cm³/mol. The summed E-state index contributed by atoms with van der Waals surface area (Å²) in [5.74, 6) is 0.730. The lowest BCUT2D eigenvalue weighted by atomic mass is 10.2. The number of aromatic nitrogens is 3. The summed E-state index contributed by atoms with van der Waals surface area (Å²) in [5, 5.41) is 19.0. The summed E-state index contributed by atoms with van der Waals surface area (Å²) in [6.45, 7) is 0. The zero-order valence-electron chi connectivity index (χ0n) is 11.9. The second kappa shape index (κ2) is 5.39. The minimum absolute atomic E-state index is 0.0627. The number of nitro benzene ring substituents is 1. The molecule has 0 bridgehead atoms. The van der Waals surface area contributed by atoms with Crippen LogP contribution in [0.5, 0.6) is 0 Å². The third kappa shape index (κ3) is 2.18. The number of fused-ring (bicyclic) bond motifs is 1. The van der Waals surface area contributed by atoms with E-state index in [1.54, 1.807) is 30.3 Å². The summed E-state index contributed by atoms with van der Waals surface area (Å²) in [6.07, 6.45) is 2.97. The summed E-state index contributed by atoms with van der Waals surface area (Å²) in [5.41, 5.74) is -0.0477. The zero-order chi connectivity index (χ0) is 16.7. The number of thiazole rings is 1. The number of para-hydroxylation sites is 1. The van der Waals surface area contributed by atoms with Crippen molar-refractivity contribution in [2.24, 2.45) is 0 Å². The molecule has 4 aromatic rings. The molecule has 9 heteroatoms. The number of furan rings is 1. The summed E-state index contributed by atoms with van der Waals surface area (Å²) in [4.78, 5) is 23.7. The Bertz CT molecular complexity index is 1160. The first-order valence-corrected chi connectivity index (χ1v) is 7.64. The van der Waals surface area contributed by atoms with E-state index < -0.39 is 4.92 Å². The maximum Gasteiger partial charge on any atom is 0.276 e. The molecule has 4 rings (SSSR count). The molecule has 0 unspecified atom stereocenters. The van der Waals surface area contributed by atoms with Crippen molar-refractivity contribution in [1.82, 2.24) is 14.6 Å². The van der Waals surface area contributed by atoms with Gasteiger partial charge in [-0.15, -0.1) is 10.2 Å². The average molecular weight is 340 g/mol. The molecule has 8 nitrogen and oxygen atoms in total. The standard InChI is InChI=1S/C15H8N4O4S/c20-14-12(8-9-4-1-2-5-10(9)19(21)22)24-15-17-16-13(18(14)15)11-6-3-7-23-11/h1-8H/b12-8+. The second-order valence-electron chi connectivity index (χ2n) is 4.85. The van der Waals surface area contributed by atoms with Gasteiger partial charge in [-0.05, 0) is 24.3 Å². The van der Waals surface area contributed by atoms with Crippen molar-refractivity contribution >= 4 is 28.1 Å². The van der Waals surface area contributed by atoms with Crippen molar-refractivity contribution in [3.63, 3.8) is 0 Å². The summed E-state index contributed by atoms with van der Waals surface area (Å²) >= 11 is 1.11. The first kappa shape index (κ1) is 14.3. The number of rotatable bonds is 3. The molecule has 0 fully saturated rings. The Labute approximate surface area is 137 Å². The van der Waals surface area contributed by atoms with Gasteiger partial charge in [-0.25, -0.2) is 4.40 Å². The van der Waals surface area contributed by atoms with E-state index in [4.69, 9.17) is 4.42 Å². The highest BCUT2D eigenvalue weighted by Crippen LogP contribution is 2.20. The van der Waals surface area contributed by atoms with Gasteiger partial charge in [0.2, 0.25) is 10.8 Å². The van der Waals surface area contributed by atoms with Crippen LogP contribution in [-0.2, 0) is 0 Å². The van der Waals surface area contributed by atoms with Gasteiger partial charge in [0.15, 0.2) is 5.76 Å². The molecule has 0 saturated heterocycles. The average Bonchev–Trinajstić information content (AvgIpc) is 3.27. The minimum Gasteiger partial charge on any atom is -0.461 e. The molecular formula is C15H8N4O4S. The van der Waals surface area contributed by atoms with Crippen LogP contribution in [0.3, 0.4) is 0 Å². The van der Waals surface area contributed by atoms with E-state index in [0.29, 0.717) is 26.6 Å². The van der Waals surface area contributed by atoms with Crippen LogP contribution in [0.2, 0.25) is 0 Å². The van der Waals surface area contributed by atoms with Crippen molar-refractivity contribution < 1.29 is 9.34 Å². The van der Waals surface area contributed by atoms with Crippen LogP contribution < -0.4 is 10.1 Å². The van der Waals surface area contributed by atoms with Crippen molar-refractivity contribution in [2.75, 3.05) is 0 Å². The number of hydrogen-bond donors (Lipinski definition) is 0. The lowest BCUT2D eigenvalue weighted by Gasteiger charge is -1.94. The molecule has 118 valence electrons. The molecule has 0 saturated carbocycles. The summed E-state index contributed by atoms with van der Waals surface area (Å²) < 4.78 is 6.93. The fourth-order valence-electron chi connectivity index (χ4n) is 2.35. The summed E-state index contributed by atoms with van der Waals surface area (Å²) in [6, 6.07) is 9.61. The highest BCUT2D eigenvalue weighted by molar-refractivity contribution is 7.15. The van der Waals surface area contributed by atoms with Crippen LogP contribution in [0.25, 0.3) is 22.6 Å². The Morgan fingerprint density at radius 1 is 1.21 bits per heavy atom. The largest absolute Gasteiger partial charge is 0.461 e. The van der Waals surface area contributed by atoms with Crippen LogP contribution in [0.4, 0.5) is 5.69 Å². The van der Waals surface area contributed by atoms with E-state index in [1.165, 1.54) is 22.8 Å². The van der Waals surface area contributed by atoms with Crippen LogP contribution in [0.15, 0.2) is 51.9 Å². The number of nitrogens with zero attached hydrogens (tertiary/aromatic N) is 4. The Hall–Kier alpha value is -3.33. The molecule has 3 heterocycles. The van der Waals surface area contributed by atoms with Gasteiger partial charge in [-0.2, -0.15) is 0 Å². The van der Waals surface area contributed by atoms with Crippen molar-refractivity contribution in [1.29, 1.82) is 0 Å². The second-order valence-corrected chi connectivity index (χ2v) is 5.86. The third-order valence-electron chi connectivity index (χ3n) is 3.41. The monoisotopic (exact) mass is 340 g/mol. The fourth-order valence-corrected chi connectivity index (χ4v) is 3.25. The molecule has 0 atom stereocenters. The van der Waals surface area contributed by atoms with Gasteiger partial charge < -0.3 is 4.42 Å². The molecule has 0 amide bonds. The molecule has 0 aliphatic carbocycles. The van der Waals surface area contributed by atoms with Gasteiger partial charge in [0.1, 0.15) is 0 Å². The van der Waals surface area contributed by atoms with E-state index in [-0.39, 0.29) is 11.2 Å². The molecule has 1 aromatic carbocycles. The Morgan fingerprint density at radius 3 is 2.79 bits per heavy atom. The third-order valence-corrected chi connectivity index (χ3v) is 4.37. The van der Waals surface area contributed by atoms with E-state index in [1.807, 2.05) is 0 Å². The lowest BCUT2D eigenvalue weighted by Crippen LogP contribution is -2.23.